The highest BCUT2D eigenvalue weighted by atomic mass is 16.6. The summed E-state index contributed by atoms with van der Waals surface area (Å²) in [5, 5.41) is 9.18. The van der Waals surface area contributed by atoms with Gasteiger partial charge in [-0.25, -0.2) is 4.79 Å². The summed E-state index contributed by atoms with van der Waals surface area (Å²) in [5.41, 5.74) is 2.99. The molecule has 0 aliphatic carbocycles. The molecule has 0 radical (unpaired) electrons. The van der Waals surface area contributed by atoms with Crippen molar-refractivity contribution in [2.24, 2.45) is 16.8 Å². The molecule has 0 bridgehead atoms. The molecule has 2 aliphatic rings. The zero-order chi connectivity index (χ0) is 18.2. The van der Waals surface area contributed by atoms with Gasteiger partial charge in [-0.2, -0.15) is 0 Å². The minimum Gasteiger partial charge on any atom is -0.465 e. The molecule has 1 atom stereocenters. The molecule has 2 saturated heterocycles. The van der Waals surface area contributed by atoms with Crippen LogP contribution in [-0.4, -0.2) is 72.7 Å². The molecule has 0 spiro atoms. The van der Waals surface area contributed by atoms with Crippen molar-refractivity contribution in [3.63, 3.8) is 0 Å². The van der Waals surface area contributed by atoms with Gasteiger partial charge in [0, 0.05) is 31.6 Å². The number of nitrogens with one attached hydrogen (secondary N) is 1. The van der Waals surface area contributed by atoms with Crippen LogP contribution in [-0.2, 0) is 4.84 Å². The Hall–Kier alpha value is -1.34. The standard InChI is InChI=1S/C18H34N4O3/c1-14(2)13-19-17(20-25-3)15-6-10-21(11-7-15)16-5-4-9-22(12-8-16)18(23)24/h14-16H,4-13H2,1-3H3,(H,19,20)(H,23,24). The second-order valence-corrected chi connectivity index (χ2v) is 7.59. The maximum Gasteiger partial charge on any atom is 0.407 e. The molecular formula is C18H34N4O3. The molecule has 1 amide bonds. The summed E-state index contributed by atoms with van der Waals surface area (Å²) in [5.74, 6) is 1.95. The van der Waals surface area contributed by atoms with E-state index in [0.29, 0.717) is 31.0 Å². The number of hydroxylamine groups is 1. The number of aliphatic imine (C=N–C) groups is 1. The number of nitrogens with zero attached hydrogens (tertiary/aromatic N) is 3. The zero-order valence-electron chi connectivity index (χ0n) is 15.9. The van der Waals surface area contributed by atoms with Crippen LogP contribution in [0.3, 0.4) is 0 Å². The first-order valence-corrected chi connectivity index (χ1v) is 9.56. The first-order chi connectivity index (χ1) is 12.0. The van der Waals surface area contributed by atoms with E-state index in [1.807, 2.05) is 0 Å². The van der Waals surface area contributed by atoms with Crippen molar-refractivity contribution < 1.29 is 14.7 Å². The van der Waals surface area contributed by atoms with Gasteiger partial charge in [0.15, 0.2) is 0 Å². The van der Waals surface area contributed by atoms with Gasteiger partial charge >= 0.3 is 6.09 Å². The van der Waals surface area contributed by atoms with Gasteiger partial charge in [0.25, 0.3) is 0 Å². The minimum atomic E-state index is -0.781. The van der Waals surface area contributed by atoms with Crippen molar-refractivity contribution in [2.75, 3.05) is 39.8 Å². The SMILES string of the molecule is CONC(=NCC(C)C)C1CCN(C2CCCN(C(=O)O)CC2)CC1. The number of hydrogen-bond acceptors (Lipinski definition) is 4. The van der Waals surface area contributed by atoms with Crippen LogP contribution in [0.25, 0.3) is 0 Å². The molecule has 7 nitrogen and oxygen atoms in total. The summed E-state index contributed by atoms with van der Waals surface area (Å²) >= 11 is 0. The van der Waals surface area contributed by atoms with Crippen LogP contribution in [0.4, 0.5) is 4.79 Å². The fourth-order valence-electron chi connectivity index (χ4n) is 3.80. The first-order valence-electron chi connectivity index (χ1n) is 9.56. The summed E-state index contributed by atoms with van der Waals surface area (Å²) in [7, 11) is 1.64. The van der Waals surface area contributed by atoms with E-state index in [9.17, 15) is 9.90 Å². The lowest BCUT2D eigenvalue weighted by molar-refractivity contribution is 0.116. The first kappa shape index (κ1) is 20.0. The van der Waals surface area contributed by atoms with E-state index in [0.717, 1.165) is 57.6 Å². The van der Waals surface area contributed by atoms with E-state index in [1.165, 1.54) is 0 Å². The normalized spacial score (nSPS) is 24.4. The van der Waals surface area contributed by atoms with Crippen LogP contribution >= 0.6 is 0 Å². The topological polar surface area (TPSA) is 77.4 Å². The van der Waals surface area contributed by atoms with Crippen LogP contribution in [0.2, 0.25) is 0 Å². The number of hydrogen-bond donors (Lipinski definition) is 2. The summed E-state index contributed by atoms with van der Waals surface area (Å²) in [6, 6.07) is 0.511. The molecule has 0 aromatic heterocycles. The fourth-order valence-corrected chi connectivity index (χ4v) is 3.80. The van der Waals surface area contributed by atoms with Crippen molar-refractivity contribution in [3.05, 3.63) is 0 Å². The molecule has 0 aromatic carbocycles. The van der Waals surface area contributed by atoms with E-state index in [2.05, 4.69) is 24.2 Å². The van der Waals surface area contributed by atoms with Gasteiger partial charge in [0.1, 0.15) is 5.84 Å². The molecule has 2 rings (SSSR count). The molecule has 144 valence electrons. The van der Waals surface area contributed by atoms with Gasteiger partial charge in [-0.3, -0.25) is 15.3 Å². The minimum absolute atomic E-state index is 0.427. The van der Waals surface area contributed by atoms with Gasteiger partial charge < -0.3 is 14.9 Å². The van der Waals surface area contributed by atoms with Crippen molar-refractivity contribution in [2.45, 2.75) is 52.0 Å². The molecule has 1 unspecified atom stereocenters. The van der Waals surface area contributed by atoms with E-state index in [4.69, 9.17) is 9.83 Å². The van der Waals surface area contributed by atoms with Gasteiger partial charge in [0.2, 0.25) is 0 Å². The average Bonchev–Trinajstić information content (AvgIpc) is 2.85. The highest BCUT2D eigenvalue weighted by Gasteiger charge is 2.29. The Kier molecular flexibility index (Phi) is 7.96. The molecule has 0 saturated carbocycles. The smallest absolute Gasteiger partial charge is 0.407 e. The number of carboxylic acid groups (broad SMARTS) is 1. The van der Waals surface area contributed by atoms with Crippen molar-refractivity contribution in [3.8, 4) is 0 Å². The number of carbonyl (C=O) groups is 1. The maximum atomic E-state index is 11.2. The molecule has 2 fully saturated rings. The van der Waals surface area contributed by atoms with Crippen molar-refractivity contribution in [1.82, 2.24) is 15.3 Å². The Bertz CT molecular complexity index is 448. The van der Waals surface area contributed by atoms with E-state index < -0.39 is 6.09 Å². The van der Waals surface area contributed by atoms with Gasteiger partial charge in [0.05, 0.1) is 7.11 Å². The van der Waals surface area contributed by atoms with Crippen LogP contribution in [0.1, 0.15) is 46.0 Å². The molecule has 0 aromatic rings. The largest absolute Gasteiger partial charge is 0.465 e. The highest BCUT2D eigenvalue weighted by molar-refractivity contribution is 5.83. The maximum absolute atomic E-state index is 11.2. The fraction of sp³-hybridized carbons (Fsp3) is 0.889. The molecule has 2 N–H and O–H groups in total. The number of piperidine rings is 1. The Morgan fingerprint density at radius 3 is 2.52 bits per heavy atom. The van der Waals surface area contributed by atoms with Crippen LogP contribution in [0.5, 0.6) is 0 Å². The molecule has 2 aliphatic heterocycles. The Balaban J connectivity index is 1.85. The molecule has 25 heavy (non-hydrogen) atoms. The number of amides is 1. The summed E-state index contributed by atoms with van der Waals surface area (Å²) in [4.78, 5) is 25.1. The predicted molar refractivity (Wildman–Crippen MR) is 98.8 cm³/mol. The lowest BCUT2D eigenvalue weighted by Gasteiger charge is -2.37. The van der Waals surface area contributed by atoms with Gasteiger partial charge in [-0.15, -0.1) is 0 Å². The summed E-state index contributed by atoms with van der Waals surface area (Å²) in [6.07, 6.45) is 4.37. The van der Waals surface area contributed by atoms with Crippen LogP contribution in [0, 0.1) is 11.8 Å². The molecule has 7 heteroatoms. The Labute approximate surface area is 151 Å². The van der Waals surface area contributed by atoms with Gasteiger partial charge in [-0.1, -0.05) is 13.8 Å². The third kappa shape index (κ3) is 6.15. The Morgan fingerprint density at radius 1 is 1.20 bits per heavy atom. The van der Waals surface area contributed by atoms with Crippen LogP contribution in [0.15, 0.2) is 4.99 Å². The monoisotopic (exact) mass is 354 g/mol. The van der Waals surface area contributed by atoms with E-state index in [1.54, 1.807) is 12.0 Å². The second-order valence-electron chi connectivity index (χ2n) is 7.59. The number of amidine groups is 1. The Morgan fingerprint density at radius 2 is 1.92 bits per heavy atom. The van der Waals surface area contributed by atoms with Gasteiger partial charge in [-0.05, 0) is 51.1 Å². The van der Waals surface area contributed by atoms with Crippen molar-refractivity contribution in [1.29, 1.82) is 0 Å². The number of rotatable bonds is 5. The highest BCUT2D eigenvalue weighted by Crippen LogP contribution is 2.24. The lowest BCUT2D eigenvalue weighted by Crippen LogP contribution is -2.45. The number of likely N-dealkylation sites (tertiary alicyclic amines) is 2. The van der Waals surface area contributed by atoms with Crippen LogP contribution < -0.4 is 5.48 Å². The third-order valence-corrected chi connectivity index (χ3v) is 5.23. The van der Waals surface area contributed by atoms with E-state index >= 15 is 0 Å². The zero-order valence-corrected chi connectivity index (χ0v) is 15.9. The quantitative estimate of drug-likeness (QED) is 0.450. The molecule has 2 heterocycles. The summed E-state index contributed by atoms with van der Waals surface area (Å²) < 4.78 is 0. The average molecular weight is 354 g/mol. The third-order valence-electron chi connectivity index (χ3n) is 5.23. The summed E-state index contributed by atoms with van der Waals surface area (Å²) in [6.45, 7) is 8.59. The van der Waals surface area contributed by atoms with E-state index in [-0.39, 0.29) is 0 Å². The lowest BCUT2D eigenvalue weighted by atomic mass is 9.93. The predicted octanol–water partition coefficient (Wildman–Crippen LogP) is 2.44. The molecular weight excluding hydrogens is 320 g/mol. The second kappa shape index (κ2) is 9.97. The van der Waals surface area contributed by atoms with Crippen molar-refractivity contribution >= 4 is 11.9 Å².